The molecule has 0 unspecified atom stereocenters. The van der Waals surface area contributed by atoms with Crippen molar-refractivity contribution in [3.8, 4) is 0 Å². The van der Waals surface area contributed by atoms with Crippen LogP contribution in [0.15, 0.2) is 54.6 Å². The summed E-state index contributed by atoms with van der Waals surface area (Å²) in [4.78, 5) is 12.3. The monoisotopic (exact) mass is 376 g/mol. The van der Waals surface area contributed by atoms with Gasteiger partial charge in [0.25, 0.3) is 5.91 Å². The van der Waals surface area contributed by atoms with Crippen molar-refractivity contribution in [1.29, 1.82) is 0 Å². The van der Waals surface area contributed by atoms with Crippen LogP contribution in [0.1, 0.15) is 41.6 Å². The van der Waals surface area contributed by atoms with Gasteiger partial charge in [0, 0.05) is 18.3 Å². The van der Waals surface area contributed by atoms with Crippen molar-refractivity contribution in [2.45, 2.75) is 37.9 Å². The predicted molar refractivity (Wildman–Crippen MR) is 99.6 cm³/mol. The topological polar surface area (TPSA) is 41.1 Å². The van der Waals surface area contributed by atoms with Crippen LogP contribution in [-0.2, 0) is 6.18 Å². The Kier molecular flexibility index (Phi) is 6.04. The van der Waals surface area contributed by atoms with Gasteiger partial charge in [-0.1, -0.05) is 30.3 Å². The molecule has 27 heavy (non-hydrogen) atoms. The lowest BCUT2D eigenvalue weighted by Crippen LogP contribution is -2.39. The van der Waals surface area contributed by atoms with Crippen molar-refractivity contribution in [3.63, 3.8) is 0 Å². The maximum Gasteiger partial charge on any atom is 0.417 e. The number of carbonyl (C=O) groups excluding carboxylic acids is 1. The number of halogens is 3. The Morgan fingerprint density at radius 2 is 1.56 bits per heavy atom. The van der Waals surface area contributed by atoms with Gasteiger partial charge in [-0.3, -0.25) is 4.79 Å². The van der Waals surface area contributed by atoms with Gasteiger partial charge in [0.15, 0.2) is 0 Å². The van der Waals surface area contributed by atoms with Crippen LogP contribution in [0.3, 0.4) is 0 Å². The standard InChI is InChI=1S/C21H23F3N2O/c22-21(23,24)19-9-5-4-8-18(19)20(27)26-17-12-10-15(11-13-17)14-25-16-6-2-1-3-7-16/h1-9,15,17,25H,10-14H2,(H,26,27)/t15-,17-. The number of carbonyl (C=O) groups is 1. The van der Waals surface area contributed by atoms with E-state index in [-0.39, 0.29) is 11.6 Å². The second-order valence-electron chi connectivity index (χ2n) is 6.98. The van der Waals surface area contributed by atoms with Gasteiger partial charge in [-0.05, 0) is 55.9 Å². The molecule has 1 fully saturated rings. The normalized spacial score (nSPS) is 20.1. The van der Waals surface area contributed by atoms with Crippen LogP contribution < -0.4 is 10.6 Å². The Labute approximate surface area is 157 Å². The first-order valence-electron chi connectivity index (χ1n) is 9.19. The van der Waals surface area contributed by atoms with E-state index < -0.39 is 17.6 Å². The highest BCUT2D eigenvalue weighted by Crippen LogP contribution is 2.32. The number of hydrogen-bond donors (Lipinski definition) is 2. The van der Waals surface area contributed by atoms with E-state index in [9.17, 15) is 18.0 Å². The maximum atomic E-state index is 13.1. The van der Waals surface area contributed by atoms with E-state index in [1.54, 1.807) is 0 Å². The SMILES string of the molecule is O=C(N[C@H]1CC[C@H](CNc2ccccc2)CC1)c1ccccc1C(F)(F)F. The van der Waals surface area contributed by atoms with Gasteiger partial charge < -0.3 is 10.6 Å². The van der Waals surface area contributed by atoms with Crippen LogP contribution in [0, 0.1) is 5.92 Å². The summed E-state index contributed by atoms with van der Waals surface area (Å²) in [5.41, 5.74) is -0.113. The van der Waals surface area contributed by atoms with Crippen LogP contribution in [0.2, 0.25) is 0 Å². The molecule has 2 aromatic rings. The zero-order valence-electron chi connectivity index (χ0n) is 14.9. The van der Waals surface area contributed by atoms with Gasteiger partial charge in [-0.15, -0.1) is 0 Å². The molecule has 1 aliphatic rings. The van der Waals surface area contributed by atoms with Crippen molar-refractivity contribution < 1.29 is 18.0 Å². The zero-order valence-corrected chi connectivity index (χ0v) is 14.9. The summed E-state index contributed by atoms with van der Waals surface area (Å²) in [6, 6.07) is 14.8. The molecule has 0 aromatic heterocycles. The summed E-state index contributed by atoms with van der Waals surface area (Å²) in [6.45, 7) is 0.863. The second kappa shape index (κ2) is 8.46. The van der Waals surface area contributed by atoms with E-state index in [4.69, 9.17) is 0 Å². The third-order valence-corrected chi connectivity index (χ3v) is 5.03. The number of nitrogens with one attached hydrogen (secondary N) is 2. The van der Waals surface area contributed by atoms with Gasteiger partial charge >= 0.3 is 6.18 Å². The predicted octanol–water partition coefficient (Wildman–Crippen LogP) is 5.11. The maximum absolute atomic E-state index is 13.1. The lowest BCUT2D eigenvalue weighted by atomic mass is 9.85. The fourth-order valence-electron chi connectivity index (χ4n) is 3.52. The Balaban J connectivity index is 1.50. The second-order valence-corrected chi connectivity index (χ2v) is 6.98. The van der Waals surface area contributed by atoms with Crippen LogP contribution in [-0.4, -0.2) is 18.5 Å². The average Bonchev–Trinajstić information content (AvgIpc) is 2.67. The molecule has 6 heteroatoms. The van der Waals surface area contributed by atoms with Crippen LogP contribution in [0.5, 0.6) is 0 Å². The third-order valence-electron chi connectivity index (χ3n) is 5.03. The number of alkyl halides is 3. The lowest BCUT2D eigenvalue weighted by molar-refractivity contribution is -0.137. The number of amides is 1. The molecule has 1 saturated carbocycles. The third kappa shape index (κ3) is 5.25. The highest BCUT2D eigenvalue weighted by molar-refractivity contribution is 5.96. The van der Waals surface area contributed by atoms with Crippen molar-refractivity contribution in [2.24, 2.45) is 5.92 Å². The first kappa shape index (κ1) is 19.3. The molecule has 0 atom stereocenters. The Hall–Kier alpha value is -2.50. The fourth-order valence-corrected chi connectivity index (χ4v) is 3.52. The molecular weight excluding hydrogens is 353 g/mol. The average molecular weight is 376 g/mol. The van der Waals surface area contributed by atoms with E-state index >= 15 is 0 Å². The molecule has 1 amide bonds. The van der Waals surface area contributed by atoms with Gasteiger partial charge in [-0.25, -0.2) is 0 Å². The van der Waals surface area contributed by atoms with Gasteiger partial charge in [0.1, 0.15) is 0 Å². The summed E-state index contributed by atoms with van der Waals surface area (Å²) < 4.78 is 39.2. The van der Waals surface area contributed by atoms with Crippen LogP contribution in [0.4, 0.5) is 18.9 Å². The smallest absolute Gasteiger partial charge is 0.385 e. The first-order valence-corrected chi connectivity index (χ1v) is 9.19. The summed E-state index contributed by atoms with van der Waals surface area (Å²) in [7, 11) is 0. The lowest BCUT2D eigenvalue weighted by Gasteiger charge is -2.29. The van der Waals surface area contributed by atoms with Gasteiger partial charge in [0.05, 0.1) is 11.1 Å². The number of hydrogen-bond acceptors (Lipinski definition) is 2. The van der Waals surface area contributed by atoms with E-state index in [1.165, 1.54) is 18.2 Å². The quantitative estimate of drug-likeness (QED) is 0.762. The number of rotatable bonds is 5. The molecule has 2 N–H and O–H groups in total. The number of para-hydroxylation sites is 1. The van der Waals surface area contributed by atoms with Crippen LogP contribution >= 0.6 is 0 Å². The Bertz CT molecular complexity index is 754. The molecule has 0 radical (unpaired) electrons. The molecule has 0 heterocycles. The molecule has 0 bridgehead atoms. The largest absolute Gasteiger partial charge is 0.417 e. The minimum Gasteiger partial charge on any atom is -0.385 e. The molecule has 3 nitrogen and oxygen atoms in total. The summed E-state index contributed by atoms with van der Waals surface area (Å²) >= 11 is 0. The Morgan fingerprint density at radius 3 is 2.22 bits per heavy atom. The Morgan fingerprint density at radius 1 is 0.926 bits per heavy atom. The molecule has 144 valence electrons. The zero-order chi connectivity index (χ0) is 19.3. The van der Waals surface area contributed by atoms with Crippen LogP contribution in [0.25, 0.3) is 0 Å². The van der Waals surface area contributed by atoms with E-state index in [0.717, 1.165) is 44.0 Å². The highest BCUT2D eigenvalue weighted by Gasteiger charge is 2.35. The number of benzene rings is 2. The molecule has 0 saturated heterocycles. The molecule has 0 spiro atoms. The van der Waals surface area contributed by atoms with Gasteiger partial charge in [-0.2, -0.15) is 13.2 Å². The molecule has 2 aromatic carbocycles. The summed E-state index contributed by atoms with van der Waals surface area (Å²) in [5.74, 6) is -0.144. The van der Waals surface area contributed by atoms with E-state index in [2.05, 4.69) is 10.6 Å². The molecule has 1 aliphatic carbocycles. The summed E-state index contributed by atoms with van der Waals surface area (Å²) in [5, 5.41) is 6.19. The van der Waals surface area contributed by atoms with E-state index in [0.29, 0.717) is 5.92 Å². The number of anilines is 1. The van der Waals surface area contributed by atoms with Crippen molar-refractivity contribution in [1.82, 2.24) is 5.32 Å². The fraction of sp³-hybridized carbons (Fsp3) is 0.381. The van der Waals surface area contributed by atoms with Crippen molar-refractivity contribution >= 4 is 11.6 Å². The van der Waals surface area contributed by atoms with E-state index in [1.807, 2.05) is 30.3 Å². The van der Waals surface area contributed by atoms with Crippen molar-refractivity contribution in [2.75, 3.05) is 11.9 Å². The molecule has 3 rings (SSSR count). The molecule has 0 aliphatic heterocycles. The minimum atomic E-state index is -4.53. The van der Waals surface area contributed by atoms with Gasteiger partial charge in [0.2, 0.25) is 0 Å². The first-order chi connectivity index (χ1) is 12.9. The minimum absolute atomic E-state index is 0.0771. The van der Waals surface area contributed by atoms with Crippen molar-refractivity contribution in [3.05, 3.63) is 65.7 Å². The molecular formula is C21H23F3N2O. The summed E-state index contributed by atoms with van der Waals surface area (Å²) in [6.07, 6.45) is -1.10. The highest BCUT2D eigenvalue weighted by atomic mass is 19.4.